The summed E-state index contributed by atoms with van der Waals surface area (Å²) >= 11 is 0. The lowest BCUT2D eigenvalue weighted by molar-refractivity contribution is -0.139. The smallest absolute Gasteiger partial charge is 0.245 e. The third kappa shape index (κ3) is 7.83. The van der Waals surface area contributed by atoms with Crippen LogP contribution in [0.25, 0.3) is 11.1 Å². The fourth-order valence-corrected chi connectivity index (χ4v) is 5.34. The molecule has 2 aromatic rings. The van der Waals surface area contributed by atoms with E-state index in [-0.39, 0.29) is 17.7 Å². The molecule has 1 heterocycles. The van der Waals surface area contributed by atoms with E-state index in [4.69, 9.17) is 10.5 Å². The Kier molecular flexibility index (Phi) is 10.7. The molecular weight excluding hydrogens is 478 g/mol. The summed E-state index contributed by atoms with van der Waals surface area (Å²) in [6, 6.07) is 15.5. The third-order valence-corrected chi connectivity index (χ3v) is 7.33. The molecule has 3 atom stereocenters. The van der Waals surface area contributed by atoms with Crippen molar-refractivity contribution < 1.29 is 19.1 Å². The molecule has 0 aliphatic carbocycles. The van der Waals surface area contributed by atoms with Crippen LogP contribution < -0.4 is 15.8 Å². The van der Waals surface area contributed by atoms with E-state index in [0.717, 1.165) is 41.7 Å². The Balaban J connectivity index is 1.74. The van der Waals surface area contributed by atoms with Gasteiger partial charge in [0.25, 0.3) is 0 Å². The fraction of sp³-hybridized carbons (Fsp3) is 0.516. The van der Waals surface area contributed by atoms with Gasteiger partial charge < -0.3 is 20.7 Å². The van der Waals surface area contributed by atoms with Crippen LogP contribution in [0.5, 0.6) is 5.75 Å². The van der Waals surface area contributed by atoms with Crippen molar-refractivity contribution in [3.8, 4) is 16.9 Å². The summed E-state index contributed by atoms with van der Waals surface area (Å²) in [4.78, 5) is 41.1. The maximum atomic E-state index is 13.6. The zero-order valence-corrected chi connectivity index (χ0v) is 23.2. The molecule has 2 unspecified atom stereocenters. The van der Waals surface area contributed by atoms with Crippen LogP contribution in [0.1, 0.15) is 64.9 Å². The average molecular weight is 522 g/mol. The Bertz CT molecular complexity index is 1080. The SMILES string of the molecule is CCCC(C(N)=O)C(CC(C)C)C(=O)N[C@H]1CCCCN(Cc2cccc(-c3ccc(OC)cc3)c2)C1=O. The molecule has 3 N–H and O–H groups in total. The first kappa shape index (κ1) is 29.2. The van der Waals surface area contributed by atoms with Gasteiger partial charge in [-0.2, -0.15) is 0 Å². The van der Waals surface area contributed by atoms with Gasteiger partial charge in [0.1, 0.15) is 11.8 Å². The van der Waals surface area contributed by atoms with E-state index < -0.39 is 23.8 Å². The summed E-state index contributed by atoms with van der Waals surface area (Å²) in [5, 5.41) is 3.02. The van der Waals surface area contributed by atoms with E-state index in [1.165, 1.54) is 0 Å². The predicted octanol–water partition coefficient (Wildman–Crippen LogP) is 4.92. The number of amides is 3. The lowest BCUT2D eigenvalue weighted by Crippen LogP contribution is -2.50. The van der Waals surface area contributed by atoms with Crippen molar-refractivity contribution in [1.82, 2.24) is 10.2 Å². The first-order valence-corrected chi connectivity index (χ1v) is 13.8. The fourth-order valence-electron chi connectivity index (χ4n) is 5.34. The second-order valence-corrected chi connectivity index (χ2v) is 10.8. The van der Waals surface area contributed by atoms with Crippen LogP contribution in [-0.4, -0.2) is 42.3 Å². The normalized spacial score (nSPS) is 17.6. The van der Waals surface area contributed by atoms with Gasteiger partial charge in [-0.15, -0.1) is 0 Å². The molecule has 7 heteroatoms. The van der Waals surface area contributed by atoms with Gasteiger partial charge in [-0.05, 0) is 72.9 Å². The molecule has 7 nitrogen and oxygen atoms in total. The standard InChI is InChI=1S/C31H43N3O4/c1-5-9-26(29(32)35)27(18-21(2)3)30(36)33-28-12-6-7-17-34(31(28)37)20-22-10-8-11-24(19-22)23-13-15-25(38-4)16-14-23/h8,10-11,13-16,19,21,26-28H,5-7,9,12,17-18,20H2,1-4H3,(H2,32,35)(H,33,36)/t26?,27?,28-/m0/s1. The van der Waals surface area contributed by atoms with Crippen LogP contribution in [0, 0.1) is 17.8 Å². The maximum absolute atomic E-state index is 13.6. The third-order valence-electron chi connectivity index (χ3n) is 7.33. The summed E-state index contributed by atoms with van der Waals surface area (Å²) in [6.07, 6.45) is 4.21. The highest BCUT2D eigenvalue weighted by Gasteiger charge is 2.35. The number of likely N-dealkylation sites (tertiary alicyclic amines) is 1. The number of methoxy groups -OCH3 is 1. The molecule has 0 saturated carbocycles. The highest BCUT2D eigenvalue weighted by Crippen LogP contribution is 2.27. The highest BCUT2D eigenvalue weighted by molar-refractivity contribution is 5.91. The number of rotatable bonds is 12. The van der Waals surface area contributed by atoms with Crippen molar-refractivity contribution >= 4 is 17.7 Å². The first-order valence-electron chi connectivity index (χ1n) is 13.8. The van der Waals surface area contributed by atoms with E-state index in [0.29, 0.717) is 32.4 Å². The lowest BCUT2D eigenvalue weighted by Gasteiger charge is -2.29. The molecule has 3 rings (SSSR count). The number of carbonyl (C=O) groups excluding carboxylic acids is 3. The Morgan fingerprint density at radius 3 is 2.45 bits per heavy atom. The maximum Gasteiger partial charge on any atom is 0.245 e. The average Bonchev–Trinajstić information content (AvgIpc) is 3.07. The summed E-state index contributed by atoms with van der Waals surface area (Å²) in [7, 11) is 1.65. The van der Waals surface area contributed by atoms with Gasteiger partial charge in [-0.3, -0.25) is 14.4 Å². The van der Waals surface area contributed by atoms with Crippen LogP contribution in [0.15, 0.2) is 48.5 Å². The van der Waals surface area contributed by atoms with Gasteiger partial charge in [0.05, 0.1) is 7.11 Å². The topological polar surface area (TPSA) is 102 Å². The predicted molar refractivity (Wildman–Crippen MR) is 150 cm³/mol. The van der Waals surface area contributed by atoms with E-state index in [1.54, 1.807) is 7.11 Å². The number of hydrogen-bond acceptors (Lipinski definition) is 4. The molecule has 38 heavy (non-hydrogen) atoms. The molecule has 0 spiro atoms. The Morgan fingerprint density at radius 2 is 1.82 bits per heavy atom. The number of benzene rings is 2. The van der Waals surface area contributed by atoms with Crippen molar-refractivity contribution in [2.75, 3.05) is 13.7 Å². The van der Waals surface area contributed by atoms with Crippen molar-refractivity contribution in [3.63, 3.8) is 0 Å². The molecule has 206 valence electrons. The molecule has 1 saturated heterocycles. The van der Waals surface area contributed by atoms with Crippen LogP contribution in [0.3, 0.4) is 0 Å². The first-order chi connectivity index (χ1) is 18.2. The Morgan fingerprint density at radius 1 is 1.08 bits per heavy atom. The quantitative estimate of drug-likeness (QED) is 0.414. The summed E-state index contributed by atoms with van der Waals surface area (Å²) < 4.78 is 5.26. The molecular formula is C31H43N3O4. The van der Waals surface area contributed by atoms with Crippen LogP contribution >= 0.6 is 0 Å². The van der Waals surface area contributed by atoms with E-state index in [2.05, 4.69) is 17.4 Å². The minimum Gasteiger partial charge on any atom is -0.497 e. The van der Waals surface area contributed by atoms with Crippen molar-refractivity contribution in [2.45, 2.75) is 71.9 Å². The molecule has 0 radical (unpaired) electrons. The zero-order chi connectivity index (χ0) is 27.7. The van der Waals surface area contributed by atoms with Crippen molar-refractivity contribution in [3.05, 3.63) is 54.1 Å². The number of nitrogens with zero attached hydrogens (tertiary/aromatic N) is 1. The van der Waals surface area contributed by atoms with E-state index in [9.17, 15) is 14.4 Å². The van der Waals surface area contributed by atoms with E-state index >= 15 is 0 Å². The van der Waals surface area contributed by atoms with Crippen molar-refractivity contribution in [2.24, 2.45) is 23.5 Å². The van der Waals surface area contributed by atoms with Gasteiger partial charge in [-0.1, -0.05) is 57.5 Å². The van der Waals surface area contributed by atoms with Gasteiger partial charge in [0, 0.05) is 24.9 Å². The van der Waals surface area contributed by atoms with Gasteiger partial charge in [0.15, 0.2) is 0 Å². The van der Waals surface area contributed by atoms with Gasteiger partial charge >= 0.3 is 0 Å². The minimum atomic E-state index is -0.598. The number of ether oxygens (including phenoxy) is 1. The van der Waals surface area contributed by atoms with Crippen LogP contribution in [0.4, 0.5) is 0 Å². The van der Waals surface area contributed by atoms with E-state index in [1.807, 2.05) is 62.1 Å². The van der Waals surface area contributed by atoms with Crippen molar-refractivity contribution in [1.29, 1.82) is 0 Å². The number of hydrogen-bond donors (Lipinski definition) is 2. The molecule has 3 amide bonds. The second-order valence-electron chi connectivity index (χ2n) is 10.8. The number of primary amides is 1. The molecule has 1 fully saturated rings. The summed E-state index contributed by atoms with van der Waals surface area (Å²) in [5.41, 5.74) is 8.88. The Labute approximate surface area is 227 Å². The number of nitrogens with one attached hydrogen (secondary N) is 1. The Hall–Kier alpha value is -3.35. The second kappa shape index (κ2) is 14.0. The summed E-state index contributed by atoms with van der Waals surface area (Å²) in [5.74, 6) is -0.779. The molecule has 1 aliphatic heterocycles. The van der Waals surface area contributed by atoms with Gasteiger partial charge in [-0.25, -0.2) is 0 Å². The lowest BCUT2D eigenvalue weighted by atomic mass is 9.81. The zero-order valence-electron chi connectivity index (χ0n) is 23.2. The largest absolute Gasteiger partial charge is 0.497 e. The minimum absolute atomic E-state index is 0.0693. The summed E-state index contributed by atoms with van der Waals surface area (Å²) in [6.45, 7) is 7.17. The molecule has 1 aliphatic rings. The van der Waals surface area contributed by atoms with Crippen LogP contribution in [-0.2, 0) is 20.9 Å². The molecule has 2 aromatic carbocycles. The number of nitrogens with two attached hydrogens (primary N) is 1. The van der Waals surface area contributed by atoms with Gasteiger partial charge in [0.2, 0.25) is 17.7 Å². The highest BCUT2D eigenvalue weighted by atomic mass is 16.5. The van der Waals surface area contributed by atoms with Crippen LogP contribution in [0.2, 0.25) is 0 Å². The monoisotopic (exact) mass is 521 g/mol. The number of carbonyl (C=O) groups is 3. The molecule has 0 bridgehead atoms. The molecule has 0 aromatic heterocycles.